The van der Waals surface area contributed by atoms with E-state index in [1.165, 1.54) is 19.8 Å². The van der Waals surface area contributed by atoms with Crippen molar-refractivity contribution in [2.24, 2.45) is 11.3 Å². The van der Waals surface area contributed by atoms with Crippen molar-refractivity contribution in [2.45, 2.75) is 64.4 Å². The molecule has 0 saturated heterocycles. The standard InChI is InChI=1S/C14H22O3/c1-11(16)17-13-4-8-14(9-5-13)6-2-12(10-15)3-7-14/h10,12-13H,2-9H2,1H3. The molecule has 1 spiro atoms. The third-order valence-electron chi connectivity index (χ3n) is 4.61. The number of ether oxygens (including phenoxy) is 1. The highest BCUT2D eigenvalue weighted by Gasteiger charge is 2.39. The molecule has 0 atom stereocenters. The first-order valence-electron chi connectivity index (χ1n) is 6.76. The highest BCUT2D eigenvalue weighted by molar-refractivity contribution is 5.66. The van der Waals surface area contributed by atoms with Crippen molar-refractivity contribution in [3.63, 3.8) is 0 Å². The number of rotatable bonds is 2. The summed E-state index contributed by atoms with van der Waals surface area (Å²) in [7, 11) is 0. The van der Waals surface area contributed by atoms with Crippen molar-refractivity contribution in [2.75, 3.05) is 0 Å². The summed E-state index contributed by atoms with van der Waals surface area (Å²) in [6, 6.07) is 0. The van der Waals surface area contributed by atoms with Crippen LogP contribution in [0.5, 0.6) is 0 Å². The van der Waals surface area contributed by atoms with Crippen LogP contribution in [0.25, 0.3) is 0 Å². The van der Waals surface area contributed by atoms with Gasteiger partial charge in [0.1, 0.15) is 12.4 Å². The van der Waals surface area contributed by atoms with Gasteiger partial charge in [0.15, 0.2) is 0 Å². The summed E-state index contributed by atoms with van der Waals surface area (Å²) in [6.45, 7) is 1.49. The van der Waals surface area contributed by atoms with Crippen LogP contribution in [0.1, 0.15) is 58.3 Å². The van der Waals surface area contributed by atoms with Crippen LogP contribution in [-0.2, 0) is 14.3 Å². The fraction of sp³-hybridized carbons (Fsp3) is 0.857. The van der Waals surface area contributed by atoms with Crippen LogP contribution in [0, 0.1) is 11.3 Å². The van der Waals surface area contributed by atoms with Gasteiger partial charge < -0.3 is 9.53 Å². The summed E-state index contributed by atoms with van der Waals surface area (Å²) < 4.78 is 5.27. The Balaban J connectivity index is 1.82. The summed E-state index contributed by atoms with van der Waals surface area (Å²) in [5, 5.41) is 0. The van der Waals surface area contributed by atoms with Crippen LogP contribution in [0.4, 0.5) is 0 Å². The first-order valence-corrected chi connectivity index (χ1v) is 6.76. The third-order valence-corrected chi connectivity index (χ3v) is 4.61. The number of esters is 1. The van der Waals surface area contributed by atoms with E-state index in [-0.39, 0.29) is 12.1 Å². The van der Waals surface area contributed by atoms with E-state index in [0.29, 0.717) is 11.3 Å². The lowest BCUT2D eigenvalue weighted by atomic mass is 9.63. The maximum atomic E-state index is 10.9. The number of hydrogen-bond donors (Lipinski definition) is 0. The molecule has 96 valence electrons. The Hall–Kier alpha value is -0.860. The summed E-state index contributed by atoms with van der Waals surface area (Å²) in [5.74, 6) is 0.141. The molecule has 0 aliphatic heterocycles. The molecule has 3 nitrogen and oxygen atoms in total. The average molecular weight is 238 g/mol. The van der Waals surface area contributed by atoms with Gasteiger partial charge in [-0.15, -0.1) is 0 Å². The second kappa shape index (κ2) is 5.19. The van der Waals surface area contributed by atoms with Crippen LogP contribution < -0.4 is 0 Å². The highest BCUT2D eigenvalue weighted by atomic mass is 16.5. The number of hydrogen-bond acceptors (Lipinski definition) is 3. The minimum atomic E-state index is -0.157. The Morgan fingerprint density at radius 1 is 1.12 bits per heavy atom. The molecule has 0 heterocycles. The summed E-state index contributed by atoms with van der Waals surface area (Å²) >= 11 is 0. The highest BCUT2D eigenvalue weighted by Crippen LogP contribution is 2.48. The van der Waals surface area contributed by atoms with Crippen molar-refractivity contribution in [3.8, 4) is 0 Å². The minimum absolute atomic E-state index is 0.141. The topological polar surface area (TPSA) is 43.4 Å². The molecular weight excluding hydrogens is 216 g/mol. The zero-order valence-corrected chi connectivity index (χ0v) is 10.6. The van der Waals surface area contributed by atoms with Gasteiger partial charge in [-0.1, -0.05) is 0 Å². The zero-order valence-electron chi connectivity index (χ0n) is 10.6. The molecule has 2 aliphatic carbocycles. The maximum Gasteiger partial charge on any atom is 0.302 e. The van der Waals surface area contributed by atoms with Gasteiger partial charge in [0, 0.05) is 12.8 Å². The van der Waals surface area contributed by atoms with E-state index < -0.39 is 0 Å². The molecule has 0 aromatic carbocycles. The van der Waals surface area contributed by atoms with E-state index in [4.69, 9.17) is 4.74 Å². The monoisotopic (exact) mass is 238 g/mol. The summed E-state index contributed by atoms with van der Waals surface area (Å²) in [4.78, 5) is 21.6. The average Bonchev–Trinajstić information content (AvgIpc) is 2.33. The van der Waals surface area contributed by atoms with Gasteiger partial charge in [-0.05, 0) is 56.8 Å². The second-order valence-electron chi connectivity index (χ2n) is 5.78. The fourth-order valence-corrected chi connectivity index (χ4v) is 3.44. The quantitative estimate of drug-likeness (QED) is 0.549. The van der Waals surface area contributed by atoms with E-state index in [9.17, 15) is 9.59 Å². The molecule has 0 bridgehead atoms. The van der Waals surface area contributed by atoms with Crippen molar-refractivity contribution in [3.05, 3.63) is 0 Å². The maximum absolute atomic E-state index is 10.9. The summed E-state index contributed by atoms with van der Waals surface area (Å²) in [5.41, 5.74) is 0.455. The molecule has 2 fully saturated rings. The molecule has 0 aromatic heterocycles. The van der Waals surface area contributed by atoms with Crippen LogP contribution in [0.15, 0.2) is 0 Å². The first kappa shape index (κ1) is 12.6. The Morgan fingerprint density at radius 3 is 2.12 bits per heavy atom. The van der Waals surface area contributed by atoms with Gasteiger partial charge in [0.25, 0.3) is 0 Å². The van der Waals surface area contributed by atoms with Gasteiger partial charge in [-0.3, -0.25) is 4.79 Å². The SMILES string of the molecule is CC(=O)OC1CCC2(CCC(C=O)CC2)CC1. The van der Waals surface area contributed by atoms with Gasteiger partial charge >= 0.3 is 5.97 Å². The van der Waals surface area contributed by atoms with Crippen molar-refractivity contribution in [1.29, 1.82) is 0 Å². The second-order valence-corrected chi connectivity index (χ2v) is 5.78. The van der Waals surface area contributed by atoms with E-state index in [1.54, 1.807) is 0 Å². The van der Waals surface area contributed by atoms with E-state index in [2.05, 4.69) is 0 Å². The molecule has 2 saturated carbocycles. The Morgan fingerprint density at radius 2 is 1.65 bits per heavy atom. The molecule has 0 aromatic rings. The van der Waals surface area contributed by atoms with Crippen LogP contribution in [0.3, 0.4) is 0 Å². The molecular formula is C14H22O3. The van der Waals surface area contributed by atoms with Crippen LogP contribution in [0.2, 0.25) is 0 Å². The Kier molecular flexibility index (Phi) is 3.85. The van der Waals surface area contributed by atoms with Gasteiger partial charge in [0.05, 0.1) is 0 Å². The Labute approximate surface area is 103 Å². The fourth-order valence-electron chi connectivity index (χ4n) is 3.44. The molecule has 3 heteroatoms. The largest absolute Gasteiger partial charge is 0.463 e. The van der Waals surface area contributed by atoms with Gasteiger partial charge in [0.2, 0.25) is 0 Å². The number of aldehydes is 1. The van der Waals surface area contributed by atoms with E-state index in [1.807, 2.05) is 0 Å². The van der Waals surface area contributed by atoms with Crippen molar-refractivity contribution < 1.29 is 14.3 Å². The molecule has 0 N–H and O–H groups in total. The Bertz CT molecular complexity index is 280. The molecule has 17 heavy (non-hydrogen) atoms. The number of carbonyl (C=O) groups is 2. The molecule has 2 rings (SSSR count). The molecule has 2 aliphatic rings. The van der Waals surface area contributed by atoms with Crippen molar-refractivity contribution in [1.82, 2.24) is 0 Å². The van der Waals surface area contributed by atoms with Gasteiger partial charge in [-0.2, -0.15) is 0 Å². The third kappa shape index (κ3) is 3.08. The smallest absolute Gasteiger partial charge is 0.302 e. The molecule has 0 radical (unpaired) electrons. The van der Waals surface area contributed by atoms with Crippen LogP contribution >= 0.6 is 0 Å². The minimum Gasteiger partial charge on any atom is -0.463 e. The lowest BCUT2D eigenvalue weighted by Crippen LogP contribution is -2.35. The van der Waals surface area contributed by atoms with E-state index >= 15 is 0 Å². The molecule has 0 unspecified atom stereocenters. The van der Waals surface area contributed by atoms with E-state index in [0.717, 1.165) is 44.8 Å². The summed E-state index contributed by atoms with van der Waals surface area (Å²) in [6.07, 6.45) is 10.1. The normalized spacial score (nSPS) is 37.7. The first-order chi connectivity index (χ1) is 8.13. The number of carbonyl (C=O) groups excluding carboxylic acids is 2. The predicted octanol–water partition coefficient (Wildman–Crippen LogP) is 2.87. The van der Waals surface area contributed by atoms with Gasteiger partial charge in [-0.25, -0.2) is 0 Å². The lowest BCUT2D eigenvalue weighted by Gasteiger charge is -2.43. The molecule has 0 amide bonds. The zero-order chi connectivity index (χ0) is 12.3. The predicted molar refractivity (Wildman–Crippen MR) is 64.5 cm³/mol. The van der Waals surface area contributed by atoms with Crippen LogP contribution in [-0.4, -0.2) is 18.4 Å². The lowest BCUT2D eigenvalue weighted by molar-refractivity contribution is -0.149. The van der Waals surface area contributed by atoms with Crippen molar-refractivity contribution >= 4 is 12.3 Å².